The number of aliphatic carboxylic acids is 1. The fraction of sp³-hybridized carbons (Fsp3) is 0.846. The summed E-state index contributed by atoms with van der Waals surface area (Å²) in [6, 6.07) is -0.215. The molecule has 110 valence electrons. The Morgan fingerprint density at radius 2 is 2.00 bits per heavy atom. The van der Waals surface area contributed by atoms with E-state index in [0.29, 0.717) is 12.3 Å². The van der Waals surface area contributed by atoms with Crippen LogP contribution in [0.2, 0.25) is 0 Å². The van der Waals surface area contributed by atoms with Gasteiger partial charge in [-0.25, -0.2) is 4.79 Å². The fourth-order valence-electron chi connectivity index (χ4n) is 2.21. The molecule has 19 heavy (non-hydrogen) atoms. The highest BCUT2D eigenvalue weighted by Crippen LogP contribution is 2.18. The maximum atomic E-state index is 11.7. The predicted molar refractivity (Wildman–Crippen MR) is 71.0 cm³/mol. The first kappa shape index (κ1) is 15.8. The second kappa shape index (κ2) is 7.99. The second-order valence-electron chi connectivity index (χ2n) is 5.04. The van der Waals surface area contributed by atoms with Crippen LogP contribution < -0.4 is 10.6 Å². The molecule has 1 aliphatic heterocycles. The van der Waals surface area contributed by atoms with Crippen LogP contribution in [0.1, 0.15) is 33.1 Å². The van der Waals surface area contributed by atoms with Gasteiger partial charge in [0.05, 0.1) is 5.92 Å². The lowest BCUT2D eigenvalue weighted by Crippen LogP contribution is -2.46. The van der Waals surface area contributed by atoms with Crippen molar-refractivity contribution in [1.82, 2.24) is 10.6 Å². The van der Waals surface area contributed by atoms with Crippen molar-refractivity contribution in [1.29, 1.82) is 0 Å². The van der Waals surface area contributed by atoms with Gasteiger partial charge < -0.3 is 20.5 Å². The normalized spacial score (nSPS) is 19.5. The van der Waals surface area contributed by atoms with E-state index in [1.807, 2.05) is 6.92 Å². The van der Waals surface area contributed by atoms with E-state index in [9.17, 15) is 9.59 Å². The molecule has 1 aliphatic rings. The molecule has 0 saturated carbocycles. The van der Waals surface area contributed by atoms with Gasteiger partial charge in [-0.2, -0.15) is 0 Å². The summed E-state index contributed by atoms with van der Waals surface area (Å²) in [6.07, 6.45) is 2.41. The lowest BCUT2D eigenvalue weighted by Gasteiger charge is -2.28. The van der Waals surface area contributed by atoms with E-state index in [1.54, 1.807) is 6.92 Å². The lowest BCUT2D eigenvalue weighted by atomic mass is 9.93. The number of carbonyl (C=O) groups is 2. The van der Waals surface area contributed by atoms with Gasteiger partial charge in [0.2, 0.25) is 0 Å². The fourth-order valence-corrected chi connectivity index (χ4v) is 2.21. The van der Waals surface area contributed by atoms with Crippen molar-refractivity contribution >= 4 is 12.0 Å². The highest BCUT2D eigenvalue weighted by Gasteiger charge is 2.22. The van der Waals surface area contributed by atoms with Crippen LogP contribution in [0.25, 0.3) is 0 Å². The second-order valence-corrected chi connectivity index (χ2v) is 5.04. The molecule has 0 aromatic rings. The Hall–Kier alpha value is -1.30. The molecule has 6 nitrogen and oxygen atoms in total. The monoisotopic (exact) mass is 272 g/mol. The Labute approximate surface area is 113 Å². The first-order valence-corrected chi connectivity index (χ1v) is 6.89. The zero-order valence-electron chi connectivity index (χ0n) is 11.6. The Balaban J connectivity index is 2.27. The number of urea groups is 1. The zero-order valence-corrected chi connectivity index (χ0v) is 11.6. The molecule has 6 heteroatoms. The molecule has 3 N–H and O–H groups in total. The van der Waals surface area contributed by atoms with Gasteiger partial charge in [-0.1, -0.05) is 6.92 Å². The number of carboxylic acids is 1. The third-order valence-electron chi connectivity index (χ3n) is 3.68. The molecular weight excluding hydrogens is 248 g/mol. The summed E-state index contributed by atoms with van der Waals surface area (Å²) in [5.74, 6) is -0.967. The van der Waals surface area contributed by atoms with E-state index >= 15 is 0 Å². The van der Waals surface area contributed by atoms with Crippen LogP contribution in [-0.2, 0) is 9.53 Å². The van der Waals surface area contributed by atoms with E-state index < -0.39 is 11.9 Å². The summed E-state index contributed by atoms with van der Waals surface area (Å²) in [7, 11) is 0. The van der Waals surface area contributed by atoms with E-state index in [2.05, 4.69) is 10.6 Å². The smallest absolute Gasteiger partial charge is 0.315 e. The van der Waals surface area contributed by atoms with Crippen molar-refractivity contribution in [2.75, 3.05) is 19.8 Å². The molecule has 1 fully saturated rings. The van der Waals surface area contributed by atoms with Crippen molar-refractivity contribution < 1.29 is 19.4 Å². The van der Waals surface area contributed by atoms with Crippen LogP contribution in [0, 0.1) is 11.8 Å². The first-order chi connectivity index (χ1) is 9.04. The first-order valence-electron chi connectivity index (χ1n) is 6.89. The number of hydrogen-bond donors (Lipinski definition) is 3. The van der Waals surface area contributed by atoms with Gasteiger partial charge in [0.15, 0.2) is 0 Å². The number of carbonyl (C=O) groups excluding carboxylic acids is 1. The zero-order chi connectivity index (χ0) is 14.3. The van der Waals surface area contributed by atoms with E-state index in [1.165, 1.54) is 0 Å². The molecule has 2 unspecified atom stereocenters. The molecule has 0 radical (unpaired) electrons. The van der Waals surface area contributed by atoms with Crippen molar-refractivity contribution in [3.63, 3.8) is 0 Å². The van der Waals surface area contributed by atoms with Gasteiger partial charge >= 0.3 is 12.0 Å². The maximum absolute atomic E-state index is 11.7. The molecule has 1 saturated heterocycles. The number of ether oxygens (including phenoxy) is 1. The molecular formula is C13H24N2O4. The van der Waals surface area contributed by atoms with Crippen LogP contribution in [0.4, 0.5) is 4.79 Å². The average molecular weight is 272 g/mol. The van der Waals surface area contributed by atoms with E-state index in [4.69, 9.17) is 9.84 Å². The van der Waals surface area contributed by atoms with Gasteiger partial charge in [-0.05, 0) is 32.1 Å². The van der Waals surface area contributed by atoms with Crippen LogP contribution in [-0.4, -0.2) is 42.9 Å². The van der Waals surface area contributed by atoms with Gasteiger partial charge in [-0.15, -0.1) is 0 Å². The summed E-state index contributed by atoms with van der Waals surface area (Å²) >= 11 is 0. The summed E-state index contributed by atoms with van der Waals surface area (Å²) in [4.78, 5) is 22.5. The number of nitrogens with one attached hydrogen (secondary N) is 2. The third-order valence-corrected chi connectivity index (χ3v) is 3.68. The standard InChI is InChI=1S/C13H24N2O4/c1-3-10(12(16)17)8-14-13(18)15-9(2)11-4-6-19-7-5-11/h9-11H,3-8H2,1-2H3,(H,16,17)(H2,14,15,18). The summed E-state index contributed by atoms with van der Waals surface area (Å²) < 4.78 is 5.28. The molecule has 0 aliphatic carbocycles. The Morgan fingerprint density at radius 1 is 1.37 bits per heavy atom. The molecule has 0 bridgehead atoms. The summed E-state index contributed by atoms with van der Waals surface area (Å²) in [6.45, 7) is 5.43. The number of amides is 2. The van der Waals surface area contributed by atoms with Crippen molar-refractivity contribution in [2.24, 2.45) is 11.8 Å². The molecule has 2 atom stereocenters. The Morgan fingerprint density at radius 3 is 2.53 bits per heavy atom. The van der Waals surface area contributed by atoms with Crippen LogP contribution in [0.5, 0.6) is 0 Å². The number of rotatable bonds is 6. The molecule has 2 amide bonds. The largest absolute Gasteiger partial charge is 0.481 e. The minimum atomic E-state index is -0.875. The molecule has 0 aromatic carbocycles. The summed E-state index contributed by atoms with van der Waals surface area (Å²) in [5.41, 5.74) is 0. The topological polar surface area (TPSA) is 87.7 Å². The Kier molecular flexibility index (Phi) is 6.62. The molecule has 1 heterocycles. The maximum Gasteiger partial charge on any atom is 0.315 e. The highest BCUT2D eigenvalue weighted by molar-refractivity contribution is 5.76. The van der Waals surface area contributed by atoms with Crippen LogP contribution in [0.15, 0.2) is 0 Å². The number of hydrogen-bond acceptors (Lipinski definition) is 3. The lowest BCUT2D eigenvalue weighted by molar-refractivity contribution is -0.141. The number of carboxylic acid groups (broad SMARTS) is 1. The average Bonchev–Trinajstić information content (AvgIpc) is 2.40. The van der Waals surface area contributed by atoms with Crippen LogP contribution >= 0.6 is 0 Å². The van der Waals surface area contributed by atoms with Gasteiger partial charge in [0.25, 0.3) is 0 Å². The molecule has 0 spiro atoms. The molecule has 1 rings (SSSR count). The highest BCUT2D eigenvalue weighted by atomic mass is 16.5. The van der Waals surface area contributed by atoms with Gasteiger partial charge in [-0.3, -0.25) is 4.79 Å². The third kappa shape index (κ3) is 5.46. The van der Waals surface area contributed by atoms with Gasteiger partial charge in [0, 0.05) is 25.8 Å². The van der Waals surface area contributed by atoms with Crippen molar-refractivity contribution in [3.05, 3.63) is 0 Å². The van der Waals surface area contributed by atoms with Crippen molar-refractivity contribution in [2.45, 2.75) is 39.2 Å². The Bertz CT molecular complexity index is 303. The quantitative estimate of drug-likeness (QED) is 0.678. The van der Waals surface area contributed by atoms with E-state index in [0.717, 1.165) is 26.1 Å². The van der Waals surface area contributed by atoms with Gasteiger partial charge in [0.1, 0.15) is 0 Å². The summed E-state index contributed by atoms with van der Waals surface area (Å²) in [5, 5.41) is 14.4. The minimum Gasteiger partial charge on any atom is -0.481 e. The minimum absolute atomic E-state index is 0.0776. The van der Waals surface area contributed by atoms with Crippen molar-refractivity contribution in [3.8, 4) is 0 Å². The predicted octanol–water partition coefficient (Wildman–Crippen LogP) is 1.21. The SMILES string of the molecule is CCC(CNC(=O)NC(C)C1CCOCC1)C(=O)O. The van der Waals surface area contributed by atoms with Crippen LogP contribution in [0.3, 0.4) is 0 Å². The molecule has 0 aromatic heterocycles. The van der Waals surface area contributed by atoms with E-state index in [-0.39, 0.29) is 18.6 Å².